The number of hydrogen-bond acceptors (Lipinski definition) is 3. The van der Waals surface area contributed by atoms with Crippen molar-refractivity contribution in [3.05, 3.63) is 89.2 Å². The van der Waals surface area contributed by atoms with Gasteiger partial charge in [-0.15, -0.1) is 21.8 Å². The Morgan fingerprint density at radius 3 is 2.47 bits per heavy atom. The molecule has 34 heavy (non-hydrogen) atoms. The number of amides is 1. The predicted octanol–water partition coefficient (Wildman–Crippen LogP) is 6.16. The molecule has 0 radical (unpaired) electrons. The molecular weight excluding hydrogens is 458 g/mol. The van der Waals surface area contributed by atoms with Gasteiger partial charge in [-0.3, -0.25) is 4.79 Å². The molecule has 4 aromatic rings. The van der Waals surface area contributed by atoms with E-state index in [-0.39, 0.29) is 29.5 Å². The number of carbonyl (C=O) groups excluding carboxylic acids is 1. The number of carbonyl (C=O) groups is 1. The highest BCUT2D eigenvalue weighted by molar-refractivity contribution is 6.17. The van der Waals surface area contributed by atoms with Crippen molar-refractivity contribution in [2.24, 2.45) is 7.05 Å². The van der Waals surface area contributed by atoms with Gasteiger partial charge in [0.25, 0.3) is 11.8 Å². The zero-order valence-corrected chi connectivity index (χ0v) is 19.4. The lowest BCUT2D eigenvalue weighted by molar-refractivity contribution is 0.0165. The van der Waals surface area contributed by atoms with Crippen molar-refractivity contribution in [3.8, 4) is 22.5 Å². The minimum atomic E-state index is -3.08. The van der Waals surface area contributed by atoms with Crippen molar-refractivity contribution in [1.29, 1.82) is 0 Å². The number of alkyl halides is 3. The number of rotatable bonds is 5. The third kappa shape index (κ3) is 3.76. The molecule has 1 amide bonds. The monoisotopic (exact) mass is 478 g/mol. The molecule has 0 N–H and O–H groups in total. The van der Waals surface area contributed by atoms with E-state index in [1.807, 2.05) is 60.1 Å². The first-order chi connectivity index (χ1) is 16.3. The summed E-state index contributed by atoms with van der Waals surface area (Å²) in [5, 5.41) is 8.20. The molecule has 5 rings (SSSR count). The van der Waals surface area contributed by atoms with E-state index in [2.05, 4.69) is 10.2 Å². The summed E-state index contributed by atoms with van der Waals surface area (Å²) >= 11 is 5.93. The van der Waals surface area contributed by atoms with E-state index in [9.17, 15) is 13.6 Å². The molecule has 1 aliphatic heterocycles. The van der Waals surface area contributed by atoms with Crippen LogP contribution in [0.3, 0.4) is 0 Å². The number of aromatic nitrogens is 3. The second-order valence-electron chi connectivity index (χ2n) is 8.44. The lowest BCUT2D eigenvalue weighted by atomic mass is 9.96. The number of benzene rings is 3. The standard InChI is InChI=1S/C26H21ClF2N4O/c1-26(28,29)23-11-16(13-27)10-21-22(23)14-33(25(21)34)18-7-5-6-17(12-18)19-8-3-4-9-20(19)24-31-30-15-32(24)2/h3-12,15H,13-14H2,1-2H3. The first-order valence-corrected chi connectivity index (χ1v) is 11.3. The summed E-state index contributed by atoms with van der Waals surface area (Å²) in [6, 6.07) is 18.3. The van der Waals surface area contributed by atoms with Crippen LogP contribution in [0.2, 0.25) is 0 Å². The van der Waals surface area contributed by atoms with Crippen LogP contribution in [0.15, 0.2) is 67.0 Å². The Labute approximate surface area is 200 Å². The van der Waals surface area contributed by atoms with Gasteiger partial charge in [-0.25, -0.2) is 8.78 Å². The molecule has 1 aliphatic rings. The normalized spacial score (nSPS) is 13.4. The van der Waals surface area contributed by atoms with Crippen molar-refractivity contribution >= 4 is 23.2 Å². The number of aryl methyl sites for hydroxylation is 1. The highest BCUT2D eigenvalue weighted by atomic mass is 35.5. The maximum absolute atomic E-state index is 14.4. The van der Waals surface area contributed by atoms with Crippen molar-refractivity contribution < 1.29 is 13.6 Å². The Hall–Kier alpha value is -3.58. The van der Waals surface area contributed by atoms with Gasteiger partial charge in [0.2, 0.25) is 0 Å². The summed E-state index contributed by atoms with van der Waals surface area (Å²) in [4.78, 5) is 14.8. The van der Waals surface area contributed by atoms with Crippen LogP contribution in [0.5, 0.6) is 0 Å². The lowest BCUT2D eigenvalue weighted by Gasteiger charge is -2.19. The molecule has 5 nitrogen and oxygen atoms in total. The molecule has 8 heteroatoms. The van der Waals surface area contributed by atoms with E-state index >= 15 is 0 Å². The third-order valence-electron chi connectivity index (χ3n) is 6.08. The molecule has 0 unspecified atom stereocenters. The summed E-state index contributed by atoms with van der Waals surface area (Å²) < 4.78 is 30.6. The Bertz CT molecular complexity index is 1410. The topological polar surface area (TPSA) is 51.0 Å². The molecule has 2 heterocycles. The SMILES string of the molecule is Cn1cnnc1-c1ccccc1-c1cccc(N2Cc3c(cc(CCl)cc3C(C)(F)F)C2=O)c1. The van der Waals surface area contributed by atoms with Crippen molar-refractivity contribution in [2.75, 3.05) is 4.90 Å². The van der Waals surface area contributed by atoms with Gasteiger partial charge in [-0.1, -0.05) is 36.4 Å². The molecule has 0 saturated heterocycles. The Morgan fingerprint density at radius 1 is 1.03 bits per heavy atom. The lowest BCUT2D eigenvalue weighted by Crippen LogP contribution is -2.23. The quantitative estimate of drug-likeness (QED) is 0.323. The summed E-state index contributed by atoms with van der Waals surface area (Å²) in [6.07, 6.45) is 1.64. The molecule has 0 aliphatic carbocycles. The predicted molar refractivity (Wildman–Crippen MR) is 128 cm³/mol. The van der Waals surface area contributed by atoms with Gasteiger partial charge in [-0.05, 0) is 46.5 Å². The molecule has 3 aromatic carbocycles. The van der Waals surface area contributed by atoms with Crippen molar-refractivity contribution in [3.63, 3.8) is 0 Å². The molecule has 1 aromatic heterocycles. The number of halogens is 3. The molecule has 0 spiro atoms. The number of nitrogens with zero attached hydrogens (tertiary/aromatic N) is 4. The second kappa shape index (κ2) is 8.33. The van der Waals surface area contributed by atoms with Gasteiger partial charge in [0.15, 0.2) is 5.82 Å². The minimum Gasteiger partial charge on any atom is -0.317 e. The Balaban J connectivity index is 1.57. The maximum atomic E-state index is 14.4. The van der Waals surface area contributed by atoms with E-state index in [1.54, 1.807) is 12.4 Å². The van der Waals surface area contributed by atoms with Crippen LogP contribution in [0.1, 0.15) is 34.0 Å². The highest BCUT2D eigenvalue weighted by Crippen LogP contribution is 2.40. The molecule has 172 valence electrons. The third-order valence-corrected chi connectivity index (χ3v) is 6.39. The summed E-state index contributed by atoms with van der Waals surface area (Å²) in [5.74, 6) is -2.63. The fourth-order valence-corrected chi connectivity index (χ4v) is 4.60. The molecule has 0 bridgehead atoms. The van der Waals surface area contributed by atoms with Crippen LogP contribution < -0.4 is 4.90 Å². The van der Waals surface area contributed by atoms with E-state index in [0.29, 0.717) is 22.6 Å². The first-order valence-electron chi connectivity index (χ1n) is 10.7. The second-order valence-corrected chi connectivity index (χ2v) is 8.71. The van der Waals surface area contributed by atoms with Crippen molar-refractivity contribution in [2.45, 2.75) is 25.3 Å². The minimum absolute atomic E-state index is 0.0535. The molecule has 0 atom stereocenters. The van der Waals surface area contributed by atoms with Crippen LogP contribution in [-0.4, -0.2) is 20.7 Å². The van der Waals surface area contributed by atoms with Crippen molar-refractivity contribution in [1.82, 2.24) is 14.8 Å². The average Bonchev–Trinajstić information content (AvgIpc) is 3.41. The molecule has 0 saturated carbocycles. The molecule has 0 fully saturated rings. The van der Waals surface area contributed by atoms with Crippen LogP contribution in [0.25, 0.3) is 22.5 Å². The fraction of sp³-hybridized carbons (Fsp3) is 0.192. The van der Waals surface area contributed by atoms with Gasteiger partial charge >= 0.3 is 0 Å². The summed E-state index contributed by atoms with van der Waals surface area (Å²) in [6.45, 7) is 0.918. The zero-order valence-electron chi connectivity index (χ0n) is 18.6. The summed E-state index contributed by atoms with van der Waals surface area (Å²) in [7, 11) is 1.87. The smallest absolute Gasteiger partial charge is 0.270 e. The van der Waals surface area contributed by atoms with Crippen LogP contribution in [-0.2, 0) is 25.4 Å². The summed E-state index contributed by atoms with van der Waals surface area (Å²) in [5.41, 5.74) is 4.30. The largest absolute Gasteiger partial charge is 0.317 e. The van der Waals surface area contributed by atoms with Gasteiger partial charge < -0.3 is 9.47 Å². The maximum Gasteiger partial charge on any atom is 0.270 e. The zero-order chi connectivity index (χ0) is 24.0. The van der Waals surface area contributed by atoms with Gasteiger partial charge in [0.1, 0.15) is 6.33 Å². The van der Waals surface area contributed by atoms with Crippen LogP contribution >= 0.6 is 11.6 Å². The highest BCUT2D eigenvalue weighted by Gasteiger charge is 2.37. The van der Waals surface area contributed by atoms with E-state index < -0.39 is 5.92 Å². The number of anilines is 1. The number of hydrogen-bond donors (Lipinski definition) is 0. The van der Waals surface area contributed by atoms with Gasteiger partial charge in [0, 0.05) is 42.2 Å². The number of fused-ring (bicyclic) bond motifs is 1. The molecular formula is C26H21ClF2N4O. The van der Waals surface area contributed by atoms with E-state index in [0.717, 1.165) is 23.6 Å². The van der Waals surface area contributed by atoms with E-state index in [4.69, 9.17) is 11.6 Å². The first kappa shape index (κ1) is 22.2. The van der Waals surface area contributed by atoms with Crippen LogP contribution in [0, 0.1) is 0 Å². The average molecular weight is 479 g/mol. The van der Waals surface area contributed by atoms with Crippen LogP contribution in [0.4, 0.5) is 14.5 Å². The van der Waals surface area contributed by atoms with Gasteiger partial charge in [0.05, 0.1) is 6.54 Å². The Morgan fingerprint density at radius 2 is 1.79 bits per heavy atom. The van der Waals surface area contributed by atoms with Gasteiger partial charge in [-0.2, -0.15) is 0 Å². The Kier molecular flexibility index (Phi) is 5.44. The van der Waals surface area contributed by atoms with E-state index in [1.165, 1.54) is 11.0 Å². The fourth-order valence-electron chi connectivity index (χ4n) is 4.44.